The molecule has 11 heteroatoms. The number of halogens is 3. The van der Waals surface area contributed by atoms with Gasteiger partial charge >= 0.3 is 6.18 Å². The van der Waals surface area contributed by atoms with Gasteiger partial charge in [-0.1, -0.05) is 13.0 Å². The van der Waals surface area contributed by atoms with E-state index >= 15 is 0 Å². The van der Waals surface area contributed by atoms with Crippen LogP contribution in [0.5, 0.6) is 11.5 Å². The first-order chi connectivity index (χ1) is 15.2. The molecule has 0 bridgehead atoms. The van der Waals surface area contributed by atoms with Crippen molar-refractivity contribution in [2.24, 2.45) is 9.98 Å². The van der Waals surface area contributed by atoms with Crippen LogP contribution in [0.25, 0.3) is 0 Å². The van der Waals surface area contributed by atoms with Gasteiger partial charge in [0, 0.05) is 18.7 Å². The average Bonchev–Trinajstić information content (AvgIpc) is 2.72. The summed E-state index contributed by atoms with van der Waals surface area (Å²) in [5.41, 5.74) is -0.453. The van der Waals surface area contributed by atoms with E-state index in [1.54, 1.807) is 25.4 Å². The molecule has 0 unspecified atom stereocenters. The summed E-state index contributed by atoms with van der Waals surface area (Å²) in [5, 5.41) is 0. The number of fused-ring (bicyclic) bond motifs is 3. The quantitative estimate of drug-likeness (QED) is 0.665. The van der Waals surface area contributed by atoms with Crippen molar-refractivity contribution < 1.29 is 26.3 Å². The van der Waals surface area contributed by atoms with Crippen LogP contribution < -0.4 is 9.46 Å². The molecule has 4 rings (SSSR count). The SMILES string of the molecule is CCCS(=O)(=O)Nc1cccc(Oc2ccc3c(c2)C2=NCCCN2C=N3)c1C(F)(F)F. The molecule has 32 heavy (non-hydrogen) atoms. The number of hydrogen-bond acceptors (Lipinski definition) is 6. The highest BCUT2D eigenvalue weighted by Gasteiger charge is 2.38. The normalized spacial score (nSPS) is 15.6. The maximum absolute atomic E-state index is 13.9. The summed E-state index contributed by atoms with van der Waals surface area (Å²) >= 11 is 0. The number of nitrogens with one attached hydrogen (secondary N) is 1. The van der Waals surface area contributed by atoms with Gasteiger partial charge in [0.15, 0.2) is 0 Å². The summed E-state index contributed by atoms with van der Waals surface area (Å²) in [5.74, 6) is 0.0622. The lowest BCUT2D eigenvalue weighted by atomic mass is 10.1. The predicted molar refractivity (Wildman–Crippen MR) is 117 cm³/mol. The largest absolute Gasteiger partial charge is 0.457 e. The monoisotopic (exact) mass is 466 g/mol. The third-order valence-electron chi connectivity index (χ3n) is 4.91. The van der Waals surface area contributed by atoms with Gasteiger partial charge in [0.1, 0.15) is 22.9 Å². The molecule has 2 aliphatic rings. The van der Waals surface area contributed by atoms with Gasteiger partial charge in [0.05, 0.1) is 23.5 Å². The molecule has 0 saturated heterocycles. The molecule has 2 heterocycles. The van der Waals surface area contributed by atoms with Crippen molar-refractivity contribution in [2.45, 2.75) is 25.9 Å². The maximum atomic E-state index is 13.9. The lowest BCUT2D eigenvalue weighted by Gasteiger charge is -2.29. The number of ether oxygens (including phenoxy) is 1. The first-order valence-corrected chi connectivity index (χ1v) is 11.7. The molecule has 2 aliphatic heterocycles. The number of hydrogen-bond donors (Lipinski definition) is 1. The fourth-order valence-electron chi connectivity index (χ4n) is 3.59. The molecule has 170 valence electrons. The van der Waals surface area contributed by atoms with Gasteiger partial charge < -0.3 is 9.64 Å². The molecule has 0 aliphatic carbocycles. The minimum Gasteiger partial charge on any atom is -0.457 e. The van der Waals surface area contributed by atoms with E-state index in [1.807, 2.05) is 9.62 Å². The van der Waals surface area contributed by atoms with E-state index in [0.717, 1.165) is 25.1 Å². The summed E-state index contributed by atoms with van der Waals surface area (Å²) in [4.78, 5) is 10.8. The van der Waals surface area contributed by atoms with Crippen LogP contribution in [0, 0.1) is 0 Å². The Hall–Kier alpha value is -3.08. The lowest BCUT2D eigenvalue weighted by Crippen LogP contribution is -2.36. The van der Waals surface area contributed by atoms with Gasteiger partial charge in [0.25, 0.3) is 0 Å². The van der Waals surface area contributed by atoms with E-state index < -0.39 is 33.2 Å². The van der Waals surface area contributed by atoms with Crippen molar-refractivity contribution in [3.8, 4) is 11.5 Å². The third kappa shape index (κ3) is 4.57. The highest BCUT2D eigenvalue weighted by atomic mass is 32.2. The van der Waals surface area contributed by atoms with E-state index in [0.29, 0.717) is 23.6 Å². The molecule has 1 N–H and O–H groups in total. The summed E-state index contributed by atoms with van der Waals surface area (Å²) in [6, 6.07) is 8.29. The van der Waals surface area contributed by atoms with Crippen LogP contribution in [-0.4, -0.2) is 44.3 Å². The van der Waals surface area contributed by atoms with Crippen LogP contribution in [0.1, 0.15) is 30.9 Å². The zero-order valence-corrected chi connectivity index (χ0v) is 18.0. The second kappa shape index (κ2) is 8.45. The molecule has 0 amide bonds. The fourth-order valence-corrected chi connectivity index (χ4v) is 4.73. The van der Waals surface area contributed by atoms with Crippen molar-refractivity contribution in [1.29, 1.82) is 0 Å². The Bertz CT molecular complexity index is 1190. The Morgan fingerprint density at radius 2 is 2.03 bits per heavy atom. The number of alkyl halides is 3. The van der Waals surface area contributed by atoms with Crippen molar-refractivity contribution in [3.63, 3.8) is 0 Å². The second-order valence-electron chi connectivity index (χ2n) is 7.38. The number of aliphatic imine (C=N–C) groups is 2. The van der Waals surface area contributed by atoms with Gasteiger partial charge in [-0.15, -0.1) is 0 Å². The van der Waals surface area contributed by atoms with Crippen LogP contribution >= 0.6 is 0 Å². The highest BCUT2D eigenvalue weighted by Crippen LogP contribution is 2.43. The Morgan fingerprint density at radius 3 is 2.78 bits per heavy atom. The molecule has 0 aromatic heterocycles. The van der Waals surface area contributed by atoms with Crippen molar-refractivity contribution in [2.75, 3.05) is 23.6 Å². The minimum atomic E-state index is -4.84. The maximum Gasteiger partial charge on any atom is 0.422 e. The molecule has 7 nitrogen and oxygen atoms in total. The summed E-state index contributed by atoms with van der Waals surface area (Å²) in [6.07, 6.45) is -2.00. The molecule has 0 spiro atoms. The van der Waals surface area contributed by atoms with E-state index in [2.05, 4.69) is 9.98 Å². The smallest absolute Gasteiger partial charge is 0.422 e. The van der Waals surface area contributed by atoms with Crippen molar-refractivity contribution >= 4 is 33.6 Å². The van der Waals surface area contributed by atoms with Gasteiger partial charge in [-0.25, -0.2) is 13.4 Å². The standard InChI is InChI=1S/C21H21F3N4O3S/c1-2-11-32(29,30)27-17-5-3-6-18(19(17)21(22,23)24)31-14-7-8-16-15(12-14)20-25-9-4-10-28(20)13-26-16/h3,5-8,12-13,27H,2,4,9-11H2,1H3. The zero-order valence-electron chi connectivity index (χ0n) is 17.2. The molecule has 0 saturated carbocycles. The number of nitrogens with zero attached hydrogens (tertiary/aromatic N) is 3. The van der Waals surface area contributed by atoms with Crippen LogP contribution in [0.2, 0.25) is 0 Å². The molecule has 0 radical (unpaired) electrons. The first kappa shape index (κ1) is 22.1. The molecular weight excluding hydrogens is 445 g/mol. The lowest BCUT2D eigenvalue weighted by molar-refractivity contribution is -0.137. The Balaban J connectivity index is 1.72. The average molecular weight is 466 g/mol. The number of anilines is 1. The first-order valence-electron chi connectivity index (χ1n) is 10.1. The topological polar surface area (TPSA) is 83.4 Å². The van der Waals surface area contributed by atoms with Gasteiger partial charge in [-0.2, -0.15) is 13.2 Å². The summed E-state index contributed by atoms with van der Waals surface area (Å²) in [6.45, 7) is 3.04. The third-order valence-corrected chi connectivity index (χ3v) is 6.39. The number of rotatable bonds is 6. The molecule has 2 aromatic rings. The number of sulfonamides is 1. The number of amidine groups is 1. The van der Waals surface area contributed by atoms with Crippen LogP contribution in [0.4, 0.5) is 24.5 Å². The Labute approximate surface area is 183 Å². The molecule has 0 fully saturated rings. The van der Waals surface area contributed by atoms with E-state index in [4.69, 9.17) is 4.74 Å². The van der Waals surface area contributed by atoms with Gasteiger partial charge in [0.2, 0.25) is 10.0 Å². The predicted octanol–water partition coefficient (Wildman–Crippen LogP) is 4.78. The summed E-state index contributed by atoms with van der Waals surface area (Å²) < 4.78 is 73.6. The molecule has 2 aromatic carbocycles. The second-order valence-corrected chi connectivity index (χ2v) is 9.22. The number of benzene rings is 2. The Morgan fingerprint density at radius 1 is 1.22 bits per heavy atom. The van der Waals surface area contributed by atoms with E-state index in [9.17, 15) is 21.6 Å². The van der Waals surface area contributed by atoms with Gasteiger partial charge in [-0.05, 0) is 43.2 Å². The minimum absolute atomic E-state index is 0.160. The van der Waals surface area contributed by atoms with Crippen molar-refractivity contribution in [1.82, 2.24) is 4.90 Å². The zero-order chi connectivity index (χ0) is 22.9. The fraction of sp³-hybridized carbons (Fsp3) is 0.333. The highest BCUT2D eigenvalue weighted by molar-refractivity contribution is 7.92. The van der Waals surface area contributed by atoms with Gasteiger partial charge in [-0.3, -0.25) is 9.71 Å². The summed E-state index contributed by atoms with van der Waals surface area (Å²) in [7, 11) is -3.93. The van der Waals surface area contributed by atoms with Crippen LogP contribution in [0.3, 0.4) is 0 Å². The van der Waals surface area contributed by atoms with E-state index in [-0.39, 0.29) is 17.9 Å². The van der Waals surface area contributed by atoms with E-state index in [1.165, 1.54) is 12.1 Å². The van der Waals surface area contributed by atoms with Crippen LogP contribution in [-0.2, 0) is 16.2 Å². The molecule has 0 atom stereocenters. The molecular formula is C21H21F3N4O3S. The Kier molecular flexibility index (Phi) is 5.85. The van der Waals surface area contributed by atoms with Crippen LogP contribution in [0.15, 0.2) is 46.4 Å². The van der Waals surface area contributed by atoms with Crippen molar-refractivity contribution in [3.05, 3.63) is 47.5 Å².